The molecule has 3 rings (SSSR count). The lowest BCUT2D eigenvalue weighted by molar-refractivity contribution is 0.478. The number of hydrogen-bond donors (Lipinski definition) is 2. The molecule has 0 aliphatic carbocycles. The quantitative estimate of drug-likeness (QED) is 0.520. The number of nitrogens with two attached hydrogens (primary N) is 1. The van der Waals surface area contributed by atoms with Crippen molar-refractivity contribution in [2.24, 2.45) is 7.05 Å². The molecule has 0 saturated carbocycles. The SMILES string of the molecule is Cn1c(-c2ccc(O)c(N)c2)nc2c(F)cccc21. The molecule has 5 heteroatoms. The largest absolute Gasteiger partial charge is 0.506 e. The third kappa shape index (κ3) is 1.71. The van der Waals surface area contributed by atoms with Gasteiger partial charge in [-0.05, 0) is 30.3 Å². The van der Waals surface area contributed by atoms with Crippen LogP contribution in [0.3, 0.4) is 0 Å². The van der Waals surface area contributed by atoms with Gasteiger partial charge in [0.25, 0.3) is 0 Å². The van der Waals surface area contributed by atoms with Crippen molar-refractivity contribution < 1.29 is 9.50 Å². The average Bonchev–Trinajstić information content (AvgIpc) is 2.72. The number of benzene rings is 2. The molecule has 0 aliphatic rings. The summed E-state index contributed by atoms with van der Waals surface area (Å²) < 4.78 is 15.5. The van der Waals surface area contributed by atoms with E-state index in [0.29, 0.717) is 16.9 Å². The molecule has 0 bridgehead atoms. The van der Waals surface area contributed by atoms with Crippen LogP contribution < -0.4 is 5.73 Å². The predicted molar refractivity (Wildman–Crippen MR) is 72.2 cm³/mol. The first kappa shape index (κ1) is 11.5. The van der Waals surface area contributed by atoms with Gasteiger partial charge in [-0.25, -0.2) is 9.37 Å². The van der Waals surface area contributed by atoms with Crippen LogP contribution in [0.5, 0.6) is 5.75 Å². The number of aryl methyl sites for hydroxylation is 1. The molecule has 3 aromatic rings. The monoisotopic (exact) mass is 257 g/mol. The lowest BCUT2D eigenvalue weighted by atomic mass is 10.2. The van der Waals surface area contributed by atoms with E-state index in [9.17, 15) is 9.50 Å². The summed E-state index contributed by atoms with van der Waals surface area (Å²) in [4.78, 5) is 4.30. The molecule has 0 fully saturated rings. The Morgan fingerprint density at radius 1 is 1.26 bits per heavy atom. The summed E-state index contributed by atoms with van der Waals surface area (Å²) in [5.74, 6) is 0.270. The molecule has 4 nitrogen and oxygen atoms in total. The fourth-order valence-corrected chi connectivity index (χ4v) is 2.13. The molecule has 1 aromatic heterocycles. The number of anilines is 1. The highest BCUT2D eigenvalue weighted by molar-refractivity contribution is 5.81. The van der Waals surface area contributed by atoms with E-state index >= 15 is 0 Å². The van der Waals surface area contributed by atoms with Gasteiger partial charge in [0.2, 0.25) is 0 Å². The minimum atomic E-state index is -0.355. The van der Waals surface area contributed by atoms with Crippen LogP contribution in [-0.2, 0) is 7.05 Å². The summed E-state index contributed by atoms with van der Waals surface area (Å²) >= 11 is 0. The van der Waals surface area contributed by atoms with Gasteiger partial charge in [-0.3, -0.25) is 0 Å². The molecule has 0 unspecified atom stereocenters. The number of para-hydroxylation sites is 1. The Morgan fingerprint density at radius 3 is 2.74 bits per heavy atom. The first-order valence-electron chi connectivity index (χ1n) is 5.77. The summed E-state index contributed by atoms with van der Waals surface area (Å²) in [7, 11) is 1.81. The van der Waals surface area contributed by atoms with Crippen LogP contribution in [0, 0.1) is 5.82 Å². The van der Waals surface area contributed by atoms with Crippen LogP contribution in [0.25, 0.3) is 22.4 Å². The van der Waals surface area contributed by atoms with E-state index in [4.69, 9.17) is 5.73 Å². The fourth-order valence-electron chi connectivity index (χ4n) is 2.13. The Labute approximate surface area is 108 Å². The molecule has 2 aromatic carbocycles. The highest BCUT2D eigenvalue weighted by atomic mass is 19.1. The van der Waals surface area contributed by atoms with E-state index in [2.05, 4.69) is 4.98 Å². The molecule has 0 amide bonds. The van der Waals surface area contributed by atoms with E-state index < -0.39 is 0 Å². The Morgan fingerprint density at radius 2 is 2.05 bits per heavy atom. The van der Waals surface area contributed by atoms with Crippen molar-refractivity contribution in [3.05, 3.63) is 42.2 Å². The van der Waals surface area contributed by atoms with Crippen molar-refractivity contribution in [1.82, 2.24) is 9.55 Å². The molecule has 0 spiro atoms. The van der Waals surface area contributed by atoms with Gasteiger partial charge < -0.3 is 15.4 Å². The van der Waals surface area contributed by atoms with Crippen LogP contribution in [0.1, 0.15) is 0 Å². The Bertz CT molecular complexity index is 780. The molecular formula is C14H12FN3O. The zero-order valence-corrected chi connectivity index (χ0v) is 10.3. The minimum Gasteiger partial charge on any atom is -0.506 e. The Hall–Kier alpha value is -2.56. The normalized spacial score (nSPS) is 11.1. The summed E-state index contributed by atoms with van der Waals surface area (Å²) in [5, 5.41) is 9.43. The third-order valence-electron chi connectivity index (χ3n) is 3.15. The predicted octanol–water partition coefficient (Wildman–Crippen LogP) is 2.67. The van der Waals surface area contributed by atoms with Gasteiger partial charge in [0.15, 0.2) is 5.82 Å². The molecule has 19 heavy (non-hydrogen) atoms. The van der Waals surface area contributed by atoms with E-state index in [1.807, 2.05) is 7.05 Å². The van der Waals surface area contributed by atoms with E-state index in [0.717, 1.165) is 5.56 Å². The van der Waals surface area contributed by atoms with Crippen LogP contribution in [0.15, 0.2) is 36.4 Å². The molecule has 96 valence electrons. The topological polar surface area (TPSA) is 64.1 Å². The lowest BCUT2D eigenvalue weighted by Crippen LogP contribution is -1.94. The van der Waals surface area contributed by atoms with Gasteiger partial charge in [-0.2, -0.15) is 0 Å². The number of phenolic OH excluding ortho intramolecular Hbond substituents is 1. The van der Waals surface area contributed by atoms with Crippen molar-refractivity contribution in [1.29, 1.82) is 0 Å². The van der Waals surface area contributed by atoms with E-state index in [1.54, 1.807) is 28.8 Å². The van der Waals surface area contributed by atoms with Gasteiger partial charge in [-0.15, -0.1) is 0 Å². The maximum Gasteiger partial charge on any atom is 0.151 e. The van der Waals surface area contributed by atoms with Gasteiger partial charge in [-0.1, -0.05) is 6.07 Å². The number of imidazole rings is 1. The third-order valence-corrected chi connectivity index (χ3v) is 3.15. The number of aromatic hydroxyl groups is 1. The van der Waals surface area contributed by atoms with Crippen molar-refractivity contribution in [2.75, 3.05) is 5.73 Å². The zero-order chi connectivity index (χ0) is 13.6. The minimum absolute atomic E-state index is 0.0219. The fraction of sp³-hybridized carbons (Fsp3) is 0.0714. The molecule has 0 atom stereocenters. The van der Waals surface area contributed by atoms with E-state index in [-0.39, 0.29) is 17.3 Å². The summed E-state index contributed by atoms with van der Waals surface area (Å²) in [6.45, 7) is 0. The van der Waals surface area contributed by atoms with Gasteiger partial charge >= 0.3 is 0 Å². The maximum absolute atomic E-state index is 13.7. The second kappa shape index (κ2) is 3.98. The number of halogens is 1. The smallest absolute Gasteiger partial charge is 0.151 e. The first-order valence-corrected chi connectivity index (χ1v) is 5.77. The number of hydrogen-bond acceptors (Lipinski definition) is 3. The number of aromatic nitrogens is 2. The zero-order valence-electron chi connectivity index (χ0n) is 10.3. The molecule has 3 N–H and O–H groups in total. The number of rotatable bonds is 1. The second-order valence-electron chi connectivity index (χ2n) is 4.38. The average molecular weight is 257 g/mol. The van der Waals surface area contributed by atoms with Crippen molar-refractivity contribution in [3.8, 4) is 17.1 Å². The highest BCUT2D eigenvalue weighted by Gasteiger charge is 2.13. The Kier molecular flexibility index (Phi) is 2.41. The number of fused-ring (bicyclic) bond motifs is 1. The summed E-state index contributed by atoms with van der Waals surface area (Å²) in [6, 6.07) is 9.65. The highest BCUT2D eigenvalue weighted by Crippen LogP contribution is 2.29. The summed E-state index contributed by atoms with van der Waals surface area (Å²) in [5.41, 5.74) is 7.71. The molecule has 0 saturated heterocycles. The Balaban J connectivity index is 2.28. The standard InChI is InChI=1S/C14H12FN3O/c1-18-11-4-2-3-9(15)13(11)17-14(18)8-5-6-12(19)10(16)7-8/h2-7,19H,16H2,1H3. The number of phenols is 1. The van der Waals surface area contributed by atoms with Gasteiger partial charge in [0, 0.05) is 12.6 Å². The van der Waals surface area contributed by atoms with Crippen LogP contribution in [0.4, 0.5) is 10.1 Å². The number of nitrogens with zero attached hydrogens (tertiary/aromatic N) is 2. The van der Waals surface area contributed by atoms with E-state index in [1.165, 1.54) is 12.1 Å². The second-order valence-corrected chi connectivity index (χ2v) is 4.38. The van der Waals surface area contributed by atoms with Crippen LogP contribution in [-0.4, -0.2) is 14.7 Å². The molecule has 0 radical (unpaired) electrons. The number of nitrogen functional groups attached to an aromatic ring is 1. The first-order chi connectivity index (χ1) is 9.08. The van der Waals surface area contributed by atoms with Crippen molar-refractivity contribution in [2.45, 2.75) is 0 Å². The molecule has 1 heterocycles. The van der Waals surface area contributed by atoms with Gasteiger partial charge in [0.1, 0.15) is 17.1 Å². The summed E-state index contributed by atoms with van der Waals surface area (Å²) in [6.07, 6.45) is 0. The van der Waals surface area contributed by atoms with Crippen LogP contribution >= 0.6 is 0 Å². The van der Waals surface area contributed by atoms with Crippen molar-refractivity contribution >= 4 is 16.7 Å². The molecular weight excluding hydrogens is 245 g/mol. The van der Waals surface area contributed by atoms with Gasteiger partial charge in [0.05, 0.1) is 11.2 Å². The van der Waals surface area contributed by atoms with Crippen molar-refractivity contribution in [3.63, 3.8) is 0 Å². The van der Waals surface area contributed by atoms with Crippen LogP contribution in [0.2, 0.25) is 0 Å². The lowest BCUT2D eigenvalue weighted by Gasteiger charge is -2.04. The maximum atomic E-state index is 13.7. The molecule has 0 aliphatic heterocycles.